The molecule has 106 valence electrons. The third kappa shape index (κ3) is 3.60. The fourth-order valence-electron chi connectivity index (χ4n) is 2.21. The van der Waals surface area contributed by atoms with E-state index in [1.807, 2.05) is 12.3 Å². The fourth-order valence-corrected chi connectivity index (χ4v) is 2.21. The van der Waals surface area contributed by atoms with E-state index in [1.54, 1.807) is 0 Å². The first-order valence-corrected chi connectivity index (χ1v) is 7.28. The van der Waals surface area contributed by atoms with Crippen LogP contribution in [-0.4, -0.2) is 4.98 Å². The highest BCUT2D eigenvalue weighted by Crippen LogP contribution is 2.24. The number of pyridine rings is 1. The molecule has 1 atom stereocenters. The van der Waals surface area contributed by atoms with Gasteiger partial charge >= 0.3 is 0 Å². The summed E-state index contributed by atoms with van der Waals surface area (Å²) >= 11 is 0. The second kappa shape index (κ2) is 6.08. The number of hydrogen-bond donors (Lipinski definition) is 1. The van der Waals surface area contributed by atoms with Gasteiger partial charge in [-0.3, -0.25) is 0 Å². The topological polar surface area (TPSA) is 24.9 Å². The Morgan fingerprint density at radius 2 is 1.75 bits per heavy atom. The van der Waals surface area contributed by atoms with Crippen molar-refractivity contribution in [1.29, 1.82) is 0 Å². The summed E-state index contributed by atoms with van der Waals surface area (Å²) in [4.78, 5) is 4.55. The van der Waals surface area contributed by atoms with Crippen molar-refractivity contribution in [2.24, 2.45) is 0 Å². The summed E-state index contributed by atoms with van der Waals surface area (Å²) in [7, 11) is 0. The summed E-state index contributed by atoms with van der Waals surface area (Å²) in [6.07, 6.45) is 3.01. The molecule has 0 aliphatic heterocycles. The third-order valence-corrected chi connectivity index (χ3v) is 3.56. The number of hydrogen-bond acceptors (Lipinski definition) is 2. The SMILES string of the molecule is CCC(Nc1ccc(C(C)(C)C)cn1)c1ccccc1. The zero-order valence-electron chi connectivity index (χ0n) is 12.9. The molecular formula is C18H24N2. The molecule has 1 heterocycles. The minimum Gasteiger partial charge on any atom is -0.363 e. The summed E-state index contributed by atoms with van der Waals surface area (Å²) in [5.41, 5.74) is 2.71. The van der Waals surface area contributed by atoms with Gasteiger partial charge in [0.15, 0.2) is 0 Å². The first-order valence-electron chi connectivity index (χ1n) is 7.28. The van der Waals surface area contributed by atoms with Gasteiger partial charge in [-0.2, -0.15) is 0 Å². The maximum Gasteiger partial charge on any atom is 0.126 e. The van der Waals surface area contributed by atoms with Gasteiger partial charge in [0, 0.05) is 6.20 Å². The molecule has 1 N–H and O–H groups in total. The van der Waals surface area contributed by atoms with E-state index >= 15 is 0 Å². The molecule has 1 aromatic carbocycles. The molecule has 1 unspecified atom stereocenters. The molecule has 0 radical (unpaired) electrons. The molecule has 0 bridgehead atoms. The predicted molar refractivity (Wildman–Crippen MR) is 86.0 cm³/mol. The Hall–Kier alpha value is -1.83. The molecule has 0 aliphatic carbocycles. The molecule has 2 heteroatoms. The van der Waals surface area contributed by atoms with E-state index < -0.39 is 0 Å². The van der Waals surface area contributed by atoms with Crippen molar-refractivity contribution in [3.05, 3.63) is 59.8 Å². The maximum atomic E-state index is 4.55. The van der Waals surface area contributed by atoms with Gasteiger partial charge in [-0.15, -0.1) is 0 Å². The van der Waals surface area contributed by atoms with Crippen LogP contribution in [0.15, 0.2) is 48.7 Å². The predicted octanol–water partition coefficient (Wildman–Crippen LogP) is 4.94. The summed E-state index contributed by atoms with van der Waals surface area (Å²) in [5.74, 6) is 0.939. The van der Waals surface area contributed by atoms with E-state index in [9.17, 15) is 0 Å². The molecule has 2 nitrogen and oxygen atoms in total. The van der Waals surface area contributed by atoms with Crippen molar-refractivity contribution < 1.29 is 0 Å². The molecule has 2 rings (SSSR count). The Balaban J connectivity index is 2.13. The van der Waals surface area contributed by atoms with Crippen LogP contribution < -0.4 is 5.32 Å². The van der Waals surface area contributed by atoms with Crippen LogP contribution in [0, 0.1) is 0 Å². The number of rotatable bonds is 4. The van der Waals surface area contributed by atoms with E-state index in [2.05, 4.69) is 74.4 Å². The summed E-state index contributed by atoms with van der Waals surface area (Å²) in [6, 6.07) is 15.1. The number of nitrogens with one attached hydrogen (secondary N) is 1. The minimum atomic E-state index is 0.148. The van der Waals surface area contributed by atoms with Crippen molar-refractivity contribution in [3.8, 4) is 0 Å². The van der Waals surface area contributed by atoms with Gasteiger partial charge in [0.05, 0.1) is 6.04 Å². The van der Waals surface area contributed by atoms with Crippen molar-refractivity contribution in [1.82, 2.24) is 4.98 Å². The van der Waals surface area contributed by atoms with Crippen molar-refractivity contribution in [2.75, 3.05) is 5.32 Å². The van der Waals surface area contributed by atoms with Crippen molar-refractivity contribution in [2.45, 2.75) is 45.6 Å². The molecule has 0 saturated heterocycles. The van der Waals surface area contributed by atoms with Crippen LogP contribution >= 0.6 is 0 Å². The highest BCUT2D eigenvalue weighted by atomic mass is 15.0. The molecule has 0 amide bonds. The lowest BCUT2D eigenvalue weighted by atomic mass is 9.88. The zero-order chi connectivity index (χ0) is 14.6. The monoisotopic (exact) mass is 268 g/mol. The summed E-state index contributed by atoms with van der Waals surface area (Å²) in [5, 5.41) is 3.51. The smallest absolute Gasteiger partial charge is 0.126 e. The van der Waals surface area contributed by atoms with Gasteiger partial charge in [-0.05, 0) is 29.0 Å². The highest BCUT2D eigenvalue weighted by Gasteiger charge is 2.14. The lowest BCUT2D eigenvalue weighted by Gasteiger charge is -2.21. The third-order valence-electron chi connectivity index (χ3n) is 3.56. The molecule has 0 aliphatic rings. The number of anilines is 1. The van der Waals surface area contributed by atoms with Crippen LogP contribution in [0.3, 0.4) is 0 Å². The lowest BCUT2D eigenvalue weighted by molar-refractivity contribution is 0.587. The summed E-state index contributed by atoms with van der Waals surface area (Å²) in [6.45, 7) is 8.80. The number of aromatic nitrogens is 1. The van der Waals surface area contributed by atoms with Gasteiger partial charge in [0.25, 0.3) is 0 Å². The Labute approximate surface area is 122 Å². The zero-order valence-corrected chi connectivity index (χ0v) is 12.9. The Morgan fingerprint density at radius 1 is 1.05 bits per heavy atom. The fraction of sp³-hybridized carbons (Fsp3) is 0.389. The van der Waals surface area contributed by atoms with E-state index in [1.165, 1.54) is 11.1 Å². The molecule has 1 aromatic heterocycles. The van der Waals surface area contributed by atoms with Crippen LogP contribution in [0.4, 0.5) is 5.82 Å². The van der Waals surface area contributed by atoms with Crippen molar-refractivity contribution in [3.63, 3.8) is 0 Å². The van der Waals surface area contributed by atoms with Gasteiger partial charge in [0.1, 0.15) is 5.82 Å². The average molecular weight is 268 g/mol. The van der Waals surface area contributed by atoms with E-state index in [0.29, 0.717) is 6.04 Å². The molecule has 0 saturated carbocycles. The van der Waals surface area contributed by atoms with Crippen molar-refractivity contribution >= 4 is 5.82 Å². The standard InChI is InChI=1S/C18H24N2/c1-5-16(14-9-7-6-8-10-14)20-17-12-11-15(13-19-17)18(2,3)4/h6-13,16H,5H2,1-4H3,(H,19,20). The second-order valence-electron chi connectivity index (χ2n) is 6.20. The molecule has 0 spiro atoms. The van der Waals surface area contributed by atoms with Gasteiger partial charge in [-0.25, -0.2) is 4.98 Å². The Morgan fingerprint density at radius 3 is 2.25 bits per heavy atom. The Bertz CT molecular complexity index is 524. The van der Waals surface area contributed by atoms with Gasteiger partial charge in [0.2, 0.25) is 0 Å². The van der Waals surface area contributed by atoms with Crippen LogP contribution in [0.2, 0.25) is 0 Å². The van der Waals surface area contributed by atoms with E-state index in [0.717, 1.165) is 12.2 Å². The molecule has 20 heavy (non-hydrogen) atoms. The minimum absolute atomic E-state index is 0.148. The van der Waals surface area contributed by atoms with E-state index in [4.69, 9.17) is 0 Å². The number of benzene rings is 1. The average Bonchev–Trinajstić information content (AvgIpc) is 2.45. The molecular weight excluding hydrogens is 244 g/mol. The van der Waals surface area contributed by atoms with Crippen LogP contribution in [0.5, 0.6) is 0 Å². The second-order valence-corrected chi connectivity index (χ2v) is 6.20. The quantitative estimate of drug-likeness (QED) is 0.849. The highest BCUT2D eigenvalue weighted by molar-refractivity contribution is 5.40. The van der Waals surface area contributed by atoms with Crippen LogP contribution in [0.1, 0.15) is 51.3 Å². The van der Waals surface area contributed by atoms with Crippen LogP contribution in [-0.2, 0) is 5.41 Å². The van der Waals surface area contributed by atoms with Crippen LogP contribution in [0.25, 0.3) is 0 Å². The Kier molecular flexibility index (Phi) is 4.43. The largest absolute Gasteiger partial charge is 0.363 e. The van der Waals surface area contributed by atoms with Gasteiger partial charge < -0.3 is 5.32 Å². The summed E-state index contributed by atoms with van der Waals surface area (Å²) < 4.78 is 0. The first kappa shape index (κ1) is 14.6. The first-order chi connectivity index (χ1) is 9.50. The van der Waals surface area contributed by atoms with Gasteiger partial charge in [-0.1, -0.05) is 64.1 Å². The maximum absolute atomic E-state index is 4.55. The normalized spacial score (nSPS) is 13.0. The lowest BCUT2D eigenvalue weighted by Crippen LogP contribution is -2.13. The number of nitrogens with zero attached hydrogens (tertiary/aromatic N) is 1. The molecule has 2 aromatic rings. The van der Waals surface area contributed by atoms with E-state index in [-0.39, 0.29) is 5.41 Å². The molecule has 0 fully saturated rings.